The number of aliphatic hydroxyl groups excluding tert-OH is 1. The molecule has 1 spiro atoms. The van der Waals surface area contributed by atoms with E-state index in [9.17, 15) is 9.90 Å². The molecule has 2 aromatic rings. The Morgan fingerprint density at radius 2 is 2.17 bits per heavy atom. The lowest BCUT2D eigenvalue weighted by Crippen LogP contribution is -2.62. The molecule has 128 valence electrons. The molecule has 0 radical (unpaired) electrons. The summed E-state index contributed by atoms with van der Waals surface area (Å²) in [6.45, 7) is 4.03. The van der Waals surface area contributed by atoms with Gasteiger partial charge in [-0.2, -0.15) is 0 Å². The molecule has 5 heteroatoms. The molecular weight excluding hydrogens is 304 g/mol. The van der Waals surface area contributed by atoms with Gasteiger partial charge in [0.2, 0.25) is 0 Å². The van der Waals surface area contributed by atoms with Gasteiger partial charge in [-0.1, -0.05) is 6.07 Å². The zero-order valence-corrected chi connectivity index (χ0v) is 14.0. The maximum absolute atomic E-state index is 12.9. The van der Waals surface area contributed by atoms with E-state index in [1.54, 1.807) is 0 Å². The monoisotopic (exact) mass is 328 g/mol. The highest BCUT2D eigenvalue weighted by atomic mass is 16.5. The van der Waals surface area contributed by atoms with Crippen LogP contribution in [-0.4, -0.2) is 52.8 Å². The molecule has 1 saturated heterocycles. The number of ether oxygens (including phenoxy) is 1. The van der Waals surface area contributed by atoms with Crippen molar-refractivity contribution in [3.05, 3.63) is 36.0 Å². The van der Waals surface area contributed by atoms with E-state index in [0.717, 1.165) is 35.7 Å². The first kappa shape index (κ1) is 15.7. The number of aromatic amines is 1. The highest BCUT2D eigenvalue weighted by molar-refractivity contribution is 6.06. The molecule has 4 rings (SSSR count). The minimum Gasteiger partial charge on any atom is -0.392 e. The van der Waals surface area contributed by atoms with Gasteiger partial charge in [0.25, 0.3) is 5.91 Å². The number of aromatic nitrogens is 1. The minimum absolute atomic E-state index is 0.0804. The molecule has 2 atom stereocenters. The first-order valence-corrected chi connectivity index (χ1v) is 8.81. The number of nitrogens with one attached hydrogen (secondary N) is 1. The van der Waals surface area contributed by atoms with Crippen molar-refractivity contribution in [2.75, 3.05) is 19.7 Å². The third-order valence-electron chi connectivity index (χ3n) is 5.92. The maximum atomic E-state index is 12.9. The standard InChI is InChI=1S/C19H24N2O3/c1-2-24-17-12-16(22)19(17)7-10-21(11-8-19)18(23)14-4-3-5-15-13(14)6-9-20-15/h3-6,9,16-17,20,22H,2,7-8,10-12H2,1H3/t16-,17+/m0/s1. The Labute approximate surface area is 141 Å². The van der Waals surface area contributed by atoms with E-state index < -0.39 is 0 Å². The number of likely N-dealkylation sites (tertiary alicyclic amines) is 1. The summed E-state index contributed by atoms with van der Waals surface area (Å²) in [5.74, 6) is 0.0804. The number of fused-ring (bicyclic) bond motifs is 1. The second-order valence-corrected chi connectivity index (χ2v) is 6.97. The van der Waals surface area contributed by atoms with Crippen molar-refractivity contribution in [3.8, 4) is 0 Å². The summed E-state index contributed by atoms with van der Waals surface area (Å²) in [6, 6.07) is 7.74. The van der Waals surface area contributed by atoms with Gasteiger partial charge in [0.1, 0.15) is 0 Å². The molecule has 1 aromatic heterocycles. The number of amides is 1. The number of carbonyl (C=O) groups excluding carboxylic acids is 1. The molecule has 1 aromatic carbocycles. The van der Waals surface area contributed by atoms with E-state index in [-0.39, 0.29) is 23.5 Å². The minimum atomic E-state index is -0.292. The number of benzene rings is 1. The lowest BCUT2D eigenvalue weighted by Gasteiger charge is -2.56. The second-order valence-electron chi connectivity index (χ2n) is 6.97. The summed E-state index contributed by atoms with van der Waals surface area (Å²) < 4.78 is 5.80. The van der Waals surface area contributed by atoms with Crippen LogP contribution in [0.1, 0.15) is 36.5 Å². The number of rotatable bonds is 3. The van der Waals surface area contributed by atoms with Gasteiger partial charge in [0.15, 0.2) is 0 Å². The first-order chi connectivity index (χ1) is 11.7. The predicted molar refractivity (Wildman–Crippen MR) is 91.9 cm³/mol. The molecule has 1 aliphatic carbocycles. The molecule has 5 nitrogen and oxygen atoms in total. The van der Waals surface area contributed by atoms with Gasteiger partial charge in [-0.15, -0.1) is 0 Å². The molecule has 1 aliphatic heterocycles. The van der Waals surface area contributed by atoms with Crippen LogP contribution in [0.25, 0.3) is 10.9 Å². The summed E-state index contributed by atoms with van der Waals surface area (Å²) in [6.07, 6.45) is 4.07. The summed E-state index contributed by atoms with van der Waals surface area (Å²) in [5.41, 5.74) is 1.59. The Balaban J connectivity index is 1.50. The maximum Gasteiger partial charge on any atom is 0.254 e. The fourth-order valence-corrected chi connectivity index (χ4v) is 4.39. The van der Waals surface area contributed by atoms with Gasteiger partial charge in [-0.25, -0.2) is 0 Å². The fraction of sp³-hybridized carbons (Fsp3) is 0.526. The van der Waals surface area contributed by atoms with Crippen molar-refractivity contribution in [1.29, 1.82) is 0 Å². The van der Waals surface area contributed by atoms with Gasteiger partial charge in [0, 0.05) is 54.2 Å². The van der Waals surface area contributed by atoms with Crippen LogP contribution in [0.3, 0.4) is 0 Å². The van der Waals surface area contributed by atoms with Gasteiger partial charge < -0.3 is 19.7 Å². The quantitative estimate of drug-likeness (QED) is 0.910. The van der Waals surface area contributed by atoms with E-state index in [4.69, 9.17) is 4.74 Å². The van der Waals surface area contributed by atoms with Crippen molar-refractivity contribution in [2.45, 2.75) is 38.4 Å². The third-order valence-corrected chi connectivity index (χ3v) is 5.92. The summed E-state index contributed by atoms with van der Waals surface area (Å²) in [7, 11) is 0. The molecule has 2 fully saturated rings. The zero-order valence-electron chi connectivity index (χ0n) is 14.0. The number of hydrogen-bond donors (Lipinski definition) is 2. The van der Waals surface area contributed by atoms with Crippen LogP contribution in [0.5, 0.6) is 0 Å². The van der Waals surface area contributed by atoms with E-state index in [1.807, 2.05) is 42.3 Å². The Kier molecular flexibility index (Phi) is 3.85. The van der Waals surface area contributed by atoms with Crippen molar-refractivity contribution in [3.63, 3.8) is 0 Å². The van der Waals surface area contributed by atoms with Crippen LogP contribution in [0.15, 0.2) is 30.5 Å². The lowest BCUT2D eigenvalue weighted by atomic mass is 9.58. The Bertz CT molecular complexity index is 744. The zero-order chi connectivity index (χ0) is 16.7. The van der Waals surface area contributed by atoms with E-state index in [2.05, 4.69) is 4.98 Å². The average Bonchev–Trinajstić information content (AvgIpc) is 3.10. The Hall–Kier alpha value is -1.85. The molecule has 1 amide bonds. The highest BCUT2D eigenvalue weighted by Crippen LogP contribution is 2.51. The average molecular weight is 328 g/mol. The summed E-state index contributed by atoms with van der Waals surface area (Å²) in [5, 5.41) is 11.3. The second kappa shape index (κ2) is 5.90. The highest BCUT2D eigenvalue weighted by Gasteiger charge is 2.56. The van der Waals surface area contributed by atoms with E-state index in [1.165, 1.54) is 0 Å². The number of aliphatic hydroxyl groups is 1. The molecule has 24 heavy (non-hydrogen) atoms. The van der Waals surface area contributed by atoms with Crippen LogP contribution in [0.4, 0.5) is 0 Å². The van der Waals surface area contributed by atoms with Crippen molar-refractivity contribution in [2.24, 2.45) is 5.41 Å². The number of carbonyl (C=O) groups is 1. The van der Waals surface area contributed by atoms with Gasteiger partial charge in [0.05, 0.1) is 12.2 Å². The van der Waals surface area contributed by atoms with Gasteiger partial charge >= 0.3 is 0 Å². The summed E-state index contributed by atoms with van der Waals surface area (Å²) in [4.78, 5) is 18.0. The van der Waals surface area contributed by atoms with Crippen molar-refractivity contribution >= 4 is 16.8 Å². The Morgan fingerprint density at radius 3 is 2.88 bits per heavy atom. The van der Waals surface area contributed by atoms with Crippen LogP contribution in [0, 0.1) is 5.41 Å². The lowest BCUT2D eigenvalue weighted by molar-refractivity contribution is -0.207. The van der Waals surface area contributed by atoms with Gasteiger partial charge in [-0.05, 0) is 38.0 Å². The van der Waals surface area contributed by atoms with Crippen LogP contribution in [0.2, 0.25) is 0 Å². The van der Waals surface area contributed by atoms with E-state index in [0.29, 0.717) is 19.7 Å². The molecule has 2 aliphatic rings. The summed E-state index contributed by atoms with van der Waals surface area (Å²) >= 11 is 0. The number of nitrogens with zero attached hydrogens (tertiary/aromatic N) is 1. The number of hydrogen-bond acceptors (Lipinski definition) is 3. The number of H-pyrrole nitrogens is 1. The number of piperidine rings is 1. The topological polar surface area (TPSA) is 65.6 Å². The molecule has 0 unspecified atom stereocenters. The molecule has 2 heterocycles. The van der Waals surface area contributed by atoms with Crippen LogP contribution >= 0.6 is 0 Å². The SMILES string of the molecule is CCO[C@@H]1C[C@H](O)C12CCN(C(=O)c1cccc3[nH]ccc13)CC2. The van der Waals surface area contributed by atoms with E-state index >= 15 is 0 Å². The molecular formula is C19H24N2O3. The van der Waals surface area contributed by atoms with Crippen LogP contribution < -0.4 is 0 Å². The fourth-order valence-electron chi connectivity index (χ4n) is 4.39. The predicted octanol–water partition coefficient (Wildman–Crippen LogP) is 2.56. The van der Waals surface area contributed by atoms with Gasteiger partial charge in [-0.3, -0.25) is 4.79 Å². The van der Waals surface area contributed by atoms with Crippen LogP contribution in [-0.2, 0) is 4.74 Å². The smallest absolute Gasteiger partial charge is 0.254 e. The van der Waals surface area contributed by atoms with Crippen molar-refractivity contribution < 1.29 is 14.6 Å². The largest absolute Gasteiger partial charge is 0.392 e. The molecule has 0 bridgehead atoms. The normalized spacial score (nSPS) is 25.8. The first-order valence-electron chi connectivity index (χ1n) is 8.81. The van der Waals surface area contributed by atoms with Crippen molar-refractivity contribution in [1.82, 2.24) is 9.88 Å². The molecule has 1 saturated carbocycles. The Morgan fingerprint density at radius 1 is 1.38 bits per heavy atom. The third kappa shape index (κ3) is 2.26. The molecule has 2 N–H and O–H groups in total.